The number of carbonyl (C=O) groups excluding carboxylic acids is 1. The number of anilines is 2. The van der Waals surface area contributed by atoms with E-state index in [1.54, 1.807) is 17.7 Å². The molecule has 0 spiro atoms. The van der Waals surface area contributed by atoms with Gasteiger partial charge in [0.05, 0.1) is 21.5 Å². The van der Waals surface area contributed by atoms with Crippen LogP contribution in [0, 0.1) is 6.92 Å². The van der Waals surface area contributed by atoms with Crippen molar-refractivity contribution in [1.29, 1.82) is 0 Å². The van der Waals surface area contributed by atoms with Gasteiger partial charge in [0.1, 0.15) is 16.2 Å². The van der Waals surface area contributed by atoms with Gasteiger partial charge in [0.15, 0.2) is 0 Å². The standard InChI is InChI=1S/C24H21N5OS2/c1-14-4-5-15-11-18-21-22(32-23(18)28-19(15)10-14)24(26-13-25-21)31-12-20(30)27-16-6-8-17(9-7-16)29(2)3/h4-11,13H,12H2,1-3H3,(H,27,30). The first-order valence-corrected chi connectivity index (χ1v) is 11.9. The number of thioether (sulfide) groups is 1. The molecule has 0 aliphatic heterocycles. The van der Waals surface area contributed by atoms with Crippen LogP contribution in [0.1, 0.15) is 5.56 Å². The van der Waals surface area contributed by atoms with Crippen molar-refractivity contribution in [2.45, 2.75) is 11.9 Å². The molecule has 0 saturated heterocycles. The lowest BCUT2D eigenvalue weighted by atomic mass is 10.1. The Morgan fingerprint density at radius 3 is 2.69 bits per heavy atom. The highest BCUT2D eigenvalue weighted by Gasteiger charge is 2.15. The minimum Gasteiger partial charge on any atom is -0.378 e. The number of aromatic nitrogens is 3. The summed E-state index contributed by atoms with van der Waals surface area (Å²) in [5.74, 6) is 0.199. The van der Waals surface area contributed by atoms with Crippen molar-refractivity contribution in [3.63, 3.8) is 0 Å². The van der Waals surface area contributed by atoms with Crippen LogP contribution in [-0.4, -0.2) is 40.7 Å². The first-order valence-electron chi connectivity index (χ1n) is 10.1. The van der Waals surface area contributed by atoms with Crippen LogP contribution < -0.4 is 10.2 Å². The average molecular weight is 460 g/mol. The van der Waals surface area contributed by atoms with E-state index < -0.39 is 0 Å². The van der Waals surface area contributed by atoms with E-state index in [9.17, 15) is 4.79 Å². The van der Waals surface area contributed by atoms with Gasteiger partial charge >= 0.3 is 0 Å². The number of amides is 1. The molecule has 1 N–H and O–H groups in total. The van der Waals surface area contributed by atoms with E-state index in [2.05, 4.69) is 46.5 Å². The predicted octanol–water partition coefficient (Wildman–Crippen LogP) is 5.50. The number of rotatable bonds is 5. The largest absolute Gasteiger partial charge is 0.378 e. The molecular weight excluding hydrogens is 438 g/mol. The van der Waals surface area contributed by atoms with Crippen molar-refractivity contribution in [2.75, 3.05) is 30.1 Å². The van der Waals surface area contributed by atoms with Crippen LogP contribution in [0.4, 0.5) is 11.4 Å². The Kier molecular flexibility index (Phi) is 5.40. The fourth-order valence-corrected chi connectivity index (χ4v) is 5.52. The maximum atomic E-state index is 12.5. The van der Waals surface area contributed by atoms with Crippen molar-refractivity contribution in [3.8, 4) is 0 Å². The van der Waals surface area contributed by atoms with Crippen molar-refractivity contribution in [2.24, 2.45) is 0 Å². The lowest BCUT2D eigenvalue weighted by Crippen LogP contribution is -2.14. The Bertz CT molecular complexity index is 1460. The number of fused-ring (bicyclic) bond motifs is 4. The van der Waals surface area contributed by atoms with Gasteiger partial charge in [-0.3, -0.25) is 4.79 Å². The van der Waals surface area contributed by atoms with Crippen molar-refractivity contribution in [3.05, 3.63) is 60.4 Å². The molecule has 0 bridgehead atoms. The predicted molar refractivity (Wildman–Crippen MR) is 135 cm³/mol. The molecule has 0 fully saturated rings. The number of nitrogens with zero attached hydrogens (tertiary/aromatic N) is 4. The van der Waals surface area contributed by atoms with E-state index in [0.717, 1.165) is 47.7 Å². The number of carbonyl (C=O) groups is 1. The van der Waals surface area contributed by atoms with Crippen molar-refractivity contribution >= 4 is 71.7 Å². The third-order valence-corrected chi connectivity index (χ3v) is 7.38. The summed E-state index contributed by atoms with van der Waals surface area (Å²) in [6, 6.07) is 16.2. The number of thiophene rings is 1. The minimum atomic E-state index is -0.0696. The Morgan fingerprint density at radius 1 is 1.09 bits per heavy atom. The van der Waals surface area contributed by atoms with Crippen LogP contribution in [-0.2, 0) is 4.79 Å². The number of benzene rings is 2. The monoisotopic (exact) mass is 459 g/mol. The summed E-state index contributed by atoms with van der Waals surface area (Å²) in [6.45, 7) is 2.07. The van der Waals surface area contributed by atoms with Gasteiger partial charge in [0.25, 0.3) is 0 Å². The summed E-state index contributed by atoms with van der Waals surface area (Å²) in [5, 5.41) is 5.87. The van der Waals surface area contributed by atoms with Crippen molar-refractivity contribution in [1.82, 2.24) is 15.0 Å². The van der Waals surface area contributed by atoms with E-state index in [1.165, 1.54) is 17.3 Å². The molecule has 8 heteroatoms. The smallest absolute Gasteiger partial charge is 0.234 e. The molecule has 5 aromatic rings. The zero-order valence-electron chi connectivity index (χ0n) is 17.9. The second-order valence-electron chi connectivity index (χ2n) is 7.77. The molecule has 2 aromatic carbocycles. The van der Waals surface area contributed by atoms with E-state index >= 15 is 0 Å². The molecule has 5 rings (SSSR count). The molecular formula is C24H21N5OS2. The van der Waals surface area contributed by atoms with E-state index in [-0.39, 0.29) is 11.7 Å². The maximum absolute atomic E-state index is 12.5. The fourth-order valence-electron chi connectivity index (χ4n) is 3.52. The first kappa shape index (κ1) is 20.7. The van der Waals surface area contributed by atoms with Gasteiger partial charge in [-0.15, -0.1) is 11.3 Å². The molecule has 3 aromatic heterocycles. The number of pyridine rings is 1. The zero-order chi connectivity index (χ0) is 22.2. The van der Waals surface area contributed by atoms with Gasteiger partial charge in [-0.25, -0.2) is 15.0 Å². The van der Waals surface area contributed by atoms with Gasteiger partial charge in [-0.1, -0.05) is 23.9 Å². The molecule has 0 atom stereocenters. The van der Waals surface area contributed by atoms with Crippen molar-refractivity contribution < 1.29 is 4.79 Å². The maximum Gasteiger partial charge on any atom is 0.234 e. The second kappa shape index (κ2) is 8.37. The lowest BCUT2D eigenvalue weighted by Gasteiger charge is -2.13. The zero-order valence-corrected chi connectivity index (χ0v) is 19.5. The quantitative estimate of drug-likeness (QED) is 0.276. The SMILES string of the molecule is Cc1ccc2cc3c(nc2c1)sc1c(SCC(=O)Nc2ccc(N(C)C)cc2)ncnc13. The number of hydrogen-bond donors (Lipinski definition) is 1. The van der Waals surface area contributed by atoms with Crippen LogP contribution in [0.2, 0.25) is 0 Å². The van der Waals surface area contributed by atoms with E-state index in [4.69, 9.17) is 4.98 Å². The van der Waals surface area contributed by atoms with Crippen LogP contribution in [0.25, 0.3) is 31.3 Å². The molecule has 1 amide bonds. The molecule has 0 saturated carbocycles. The molecule has 0 unspecified atom stereocenters. The Labute approximate surface area is 193 Å². The number of nitrogens with one attached hydrogen (secondary N) is 1. The molecule has 32 heavy (non-hydrogen) atoms. The fraction of sp³-hybridized carbons (Fsp3) is 0.167. The molecule has 0 radical (unpaired) electrons. The van der Waals surface area contributed by atoms with E-state index in [1.807, 2.05) is 43.3 Å². The number of aryl methyl sites for hydroxylation is 1. The summed E-state index contributed by atoms with van der Waals surface area (Å²) in [4.78, 5) is 29.3. The summed E-state index contributed by atoms with van der Waals surface area (Å²) >= 11 is 2.99. The molecule has 3 heterocycles. The van der Waals surface area contributed by atoms with Crippen LogP contribution in [0.3, 0.4) is 0 Å². The van der Waals surface area contributed by atoms with Crippen LogP contribution in [0.15, 0.2) is 59.9 Å². The Balaban J connectivity index is 1.38. The van der Waals surface area contributed by atoms with Gasteiger partial charge in [-0.2, -0.15) is 0 Å². The van der Waals surface area contributed by atoms with Crippen LogP contribution >= 0.6 is 23.1 Å². The summed E-state index contributed by atoms with van der Waals surface area (Å²) < 4.78 is 0.968. The van der Waals surface area contributed by atoms with Crippen LogP contribution in [0.5, 0.6) is 0 Å². The Hall–Kier alpha value is -3.23. The van der Waals surface area contributed by atoms with Gasteiger partial charge in [0, 0.05) is 36.2 Å². The summed E-state index contributed by atoms with van der Waals surface area (Å²) in [6.07, 6.45) is 1.56. The topological polar surface area (TPSA) is 71.0 Å². The third-order valence-electron chi connectivity index (χ3n) is 5.17. The average Bonchev–Trinajstić information content (AvgIpc) is 3.14. The van der Waals surface area contributed by atoms with Gasteiger partial charge in [0.2, 0.25) is 5.91 Å². The highest BCUT2D eigenvalue weighted by Crippen LogP contribution is 2.37. The highest BCUT2D eigenvalue weighted by atomic mass is 32.2. The molecule has 0 aliphatic rings. The third kappa shape index (κ3) is 3.99. The number of hydrogen-bond acceptors (Lipinski definition) is 7. The highest BCUT2D eigenvalue weighted by molar-refractivity contribution is 8.00. The Morgan fingerprint density at radius 2 is 1.91 bits per heavy atom. The first-order chi connectivity index (χ1) is 15.5. The summed E-state index contributed by atoms with van der Waals surface area (Å²) in [5.41, 5.74) is 4.91. The lowest BCUT2D eigenvalue weighted by molar-refractivity contribution is -0.113. The van der Waals surface area contributed by atoms with Gasteiger partial charge in [-0.05, 0) is 48.9 Å². The second-order valence-corrected chi connectivity index (χ2v) is 9.74. The van der Waals surface area contributed by atoms with Gasteiger partial charge < -0.3 is 10.2 Å². The molecule has 0 aliphatic carbocycles. The molecule has 160 valence electrons. The minimum absolute atomic E-state index is 0.0696. The normalized spacial score (nSPS) is 11.3. The van der Waals surface area contributed by atoms with E-state index in [0.29, 0.717) is 0 Å². The summed E-state index contributed by atoms with van der Waals surface area (Å²) in [7, 11) is 3.97. The molecule has 6 nitrogen and oxygen atoms in total.